The molecule has 0 aliphatic heterocycles. The summed E-state index contributed by atoms with van der Waals surface area (Å²) >= 11 is 8.94. The van der Waals surface area contributed by atoms with Crippen molar-refractivity contribution in [1.82, 2.24) is 0 Å². The molecular formula is C13H6BrClF3NO. The minimum atomic E-state index is -1.59. The molecule has 0 aliphatic carbocycles. The SMILES string of the molecule is O=C(Nc1cc(F)c(F)c(F)c1)c1ccc(Cl)c(Br)c1. The predicted molar refractivity (Wildman–Crippen MR) is 73.4 cm³/mol. The van der Waals surface area contributed by atoms with Gasteiger partial charge < -0.3 is 5.32 Å². The third-order valence-electron chi connectivity index (χ3n) is 2.42. The molecule has 104 valence electrons. The Balaban J connectivity index is 2.25. The van der Waals surface area contributed by atoms with E-state index in [1.807, 2.05) is 0 Å². The quantitative estimate of drug-likeness (QED) is 0.764. The molecule has 2 aromatic rings. The first-order valence-electron chi connectivity index (χ1n) is 5.29. The zero-order valence-electron chi connectivity index (χ0n) is 9.68. The summed E-state index contributed by atoms with van der Waals surface area (Å²) in [4.78, 5) is 11.9. The molecule has 1 N–H and O–H groups in total. The molecule has 0 spiro atoms. The molecular weight excluding hydrogens is 358 g/mol. The summed E-state index contributed by atoms with van der Waals surface area (Å²) in [5, 5.41) is 2.68. The predicted octanol–water partition coefficient (Wildman–Crippen LogP) is 4.77. The van der Waals surface area contributed by atoms with E-state index in [-0.39, 0.29) is 11.3 Å². The summed E-state index contributed by atoms with van der Waals surface area (Å²) in [6.45, 7) is 0. The highest BCUT2D eigenvalue weighted by Crippen LogP contribution is 2.24. The third-order valence-corrected chi connectivity index (χ3v) is 3.64. The molecule has 7 heteroatoms. The Kier molecular flexibility index (Phi) is 4.35. The molecule has 2 aromatic carbocycles. The number of carbonyl (C=O) groups is 1. The number of amides is 1. The number of anilines is 1. The van der Waals surface area contributed by atoms with Crippen LogP contribution in [0.1, 0.15) is 10.4 Å². The van der Waals surface area contributed by atoms with Crippen molar-refractivity contribution in [3.05, 3.63) is 62.8 Å². The van der Waals surface area contributed by atoms with Crippen LogP contribution in [0.25, 0.3) is 0 Å². The van der Waals surface area contributed by atoms with Crippen molar-refractivity contribution in [2.75, 3.05) is 5.32 Å². The molecule has 0 heterocycles. The molecule has 2 rings (SSSR count). The standard InChI is InChI=1S/C13H6BrClF3NO/c14-8-3-6(1-2-9(8)15)13(20)19-7-4-10(16)12(18)11(17)5-7/h1-5H,(H,19,20). The molecule has 0 saturated heterocycles. The van der Waals surface area contributed by atoms with Gasteiger partial charge in [-0.25, -0.2) is 13.2 Å². The largest absolute Gasteiger partial charge is 0.322 e. The maximum Gasteiger partial charge on any atom is 0.255 e. The van der Waals surface area contributed by atoms with E-state index in [0.29, 0.717) is 21.6 Å². The van der Waals surface area contributed by atoms with Crippen LogP contribution in [-0.2, 0) is 0 Å². The first kappa shape index (κ1) is 14.9. The van der Waals surface area contributed by atoms with Crippen molar-refractivity contribution < 1.29 is 18.0 Å². The van der Waals surface area contributed by atoms with Gasteiger partial charge in [-0.2, -0.15) is 0 Å². The van der Waals surface area contributed by atoms with Crippen LogP contribution in [-0.4, -0.2) is 5.91 Å². The van der Waals surface area contributed by atoms with E-state index in [1.165, 1.54) is 18.2 Å². The Morgan fingerprint density at radius 1 is 1.10 bits per heavy atom. The summed E-state index contributed by atoms with van der Waals surface area (Å²) in [7, 11) is 0. The summed E-state index contributed by atoms with van der Waals surface area (Å²) < 4.78 is 39.3. The number of benzene rings is 2. The molecule has 0 radical (unpaired) electrons. The highest BCUT2D eigenvalue weighted by molar-refractivity contribution is 9.10. The van der Waals surface area contributed by atoms with Gasteiger partial charge in [0.1, 0.15) is 0 Å². The number of hydrogen-bond acceptors (Lipinski definition) is 1. The number of nitrogens with one attached hydrogen (secondary N) is 1. The number of carbonyl (C=O) groups excluding carboxylic acids is 1. The van der Waals surface area contributed by atoms with Crippen molar-refractivity contribution in [3.63, 3.8) is 0 Å². The van der Waals surface area contributed by atoms with Crippen molar-refractivity contribution in [2.45, 2.75) is 0 Å². The smallest absolute Gasteiger partial charge is 0.255 e. The zero-order valence-corrected chi connectivity index (χ0v) is 12.0. The highest BCUT2D eigenvalue weighted by atomic mass is 79.9. The molecule has 0 bridgehead atoms. The lowest BCUT2D eigenvalue weighted by atomic mass is 10.2. The Labute approximate surface area is 125 Å². The molecule has 0 aliphatic rings. The molecule has 0 saturated carbocycles. The Bertz CT molecular complexity index is 670. The molecule has 0 fully saturated rings. The van der Waals surface area contributed by atoms with E-state index in [9.17, 15) is 18.0 Å². The van der Waals surface area contributed by atoms with Gasteiger partial charge >= 0.3 is 0 Å². The van der Waals surface area contributed by atoms with Gasteiger partial charge in [0.2, 0.25) is 0 Å². The lowest BCUT2D eigenvalue weighted by Crippen LogP contribution is -2.12. The maximum atomic E-state index is 13.0. The fourth-order valence-corrected chi connectivity index (χ4v) is 1.96. The van der Waals surface area contributed by atoms with Gasteiger partial charge in [-0.05, 0) is 34.1 Å². The van der Waals surface area contributed by atoms with Gasteiger partial charge in [0.05, 0.1) is 5.02 Å². The van der Waals surface area contributed by atoms with Crippen LogP contribution < -0.4 is 5.32 Å². The summed E-state index contributed by atoms with van der Waals surface area (Å²) in [5.41, 5.74) is 0.0453. The van der Waals surface area contributed by atoms with Gasteiger partial charge in [-0.15, -0.1) is 0 Å². The van der Waals surface area contributed by atoms with Gasteiger partial charge in [-0.1, -0.05) is 11.6 Å². The average Bonchev–Trinajstić information content (AvgIpc) is 2.39. The zero-order chi connectivity index (χ0) is 14.9. The second-order valence-corrected chi connectivity index (χ2v) is 5.10. The second kappa shape index (κ2) is 5.85. The molecule has 1 amide bonds. The Hall–Kier alpha value is -1.53. The lowest BCUT2D eigenvalue weighted by Gasteiger charge is -2.07. The van der Waals surface area contributed by atoms with Gasteiger partial charge in [0.25, 0.3) is 5.91 Å². The van der Waals surface area contributed by atoms with E-state index >= 15 is 0 Å². The topological polar surface area (TPSA) is 29.1 Å². The molecule has 0 aromatic heterocycles. The van der Waals surface area contributed by atoms with Crippen molar-refractivity contribution in [1.29, 1.82) is 0 Å². The van der Waals surface area contributed by atoms with Crippen LogP contribution in [0.4, 0.5) is 18.9 Å². The van der Waals surface area contributed by atoms with E-state index in [2.05, 4.69) is 21.2 Å². The maximum absolute atomic E-state index is 13.0. The van der Waals surface area contributed by atoms with Crippen LogP contribution in [0.5, 0.6) is 0 Å². The van der Waals surface area contributed by atoms with Crippen molar-refractivity contribution in [2.24, 2.45) is 0 Å². The minimum Gasteiger partial charge on any atom is -0.322 e. The fraction of sp³-hybridized carbons (Fsp3) is 0. The highest BCUT2D eigenvalue weighted by Gasteiger charge is 2.13. The monoisotopic (exact) mass is 363 g/mol. The van der Waals surface area contributed by atoms with Crippen LogP contribution in [0.15, 0.2) is 34.8 Å². The Morgan fingerprint density at radius 2 is 1.70 bits per heavy atom. The minimum absolute atomic E-state index is 0.183. The lowest BCUT2D eigenvalue weighted by molar-refractivity contribution is 0.102. The number of halogens is 5. The Morgan fingerprint density at radius 3 is 2.25 bits per heavy atom. The fourth-order valence-electron chi connectivity index (χ4n) is 1.47. The second-order valence-electron chi connectivity index (χ2n) is 3.84. The number of rotatable bonds is 2. The van der Waals surface area contributed by atoms with E-state index in [1.54, 1.807) is 0 Å². The normalized spacial score (nSPS) is 10.4. The third kappa shape index (κ3) is 3.13. The van der Waals surface area contributed by atoms with Crippen LogP contribution >= 0.6 is 27.5 Å². The van der Waals surface area contributed by atoms with E-state index < -0.39 is 23.4 Å². The van der Waals surface area contributed by atoms with Crippen LogP contribution in [0, 0.1) is 17.5 Å². The molecule has 2 nitrogen and oxygen atoms in total. The average molecular weight is 365 g/mol. The number of hydrogen-bond donors (Lipinski definition) is 1. The molecule has 0 unspecified atom stereocenters. The summed E-state index contributed by atoms with van der Waals surface area (Å²) in [6.07, 6.45) is 0. The summed E-state index contributed by atoms with van der Waals surface area (Å²) in [6, 6.07) is 5.78. The van der Waals surface area contributed by atoms with Gasteiger partial charge in [0.15, 0.2) is 17.5 Å². The molecule has 0 atom stereocenters. The van der Waals surface area contributed by atoms with Crippen LogP contribution in [0.2, 0.25) is 5.02 Å². The van der Waals surface area contributed by atoms with Crippen LogP contribution in [0.3, 0.4) is 0 Å². The van der Waals surface area contributed by atoms with Gasteiger partial charge in [-0.3, -0.25) is 4.79 Å². The summed E-state index contributed by atoms with van der Waals surface area (Å²) in [5.74, 6) is -4.94. The van der Waals surface area contributed by atoms with Gasteiger partial charge in [0, 0.05) is 27.9 Å². The first-order chi connectivity index (χ1) is 9.38. The van der Waals surface area contributed by atoms with E-state index in [4.69, 9.17) is 11.6 Å². The van der Waals surface area contributed by atoms with Crippen molar-refractivity contribution in [3.8, 4) is 0 Å². The molecule has 20 heavy (non-hydrogen) atoms. The van der Waals surface area contributed by atoms with E-state index in [0.717, 1.165) is 0 Å². The van der Waals surface area contributed by atoms with Crippen molar-refractivity contribution >= 4 is 39.1 Å². The first-order valence-corrected chi connectivity index (χ1v) is 6.46.